The van der Waals surface area contributed by atoms with Crippen LogP contribution in [0.4, 0.5) is 4.79 Å². The van der Waals surface area contributed by atoms with Crippen LogP contribution in [0.3, 0.4) is 0 Å². The van der Waals surface area contributed by atoms with Gasteiger partial charge in [0.05, 0.1) is 12.5 Å². The fraction of sp³-hybridized carbons (Fsp3) is 0.500. The van der Waals surface area contributed by atoms with Crippen molar-refractivity contribution in [2.45, 2.75) is 44.3 Å². The van der Waals surface area contributed by atoms with Crippen LogP contribution >= 0.6 is 11.3 Å². The SMILES string of the molecule is CC(C(=O)O)N(C(=O)CC(NC(N)=O)c1cccs1)C1CC1. The molecule has 1 aromatic heterocycles. The van der Waals surface area contributed by atoms with Gasteiger partial charge in [-0.15, -0.1) is 11.3 Å². The Morgan fingerprint density at radius 1 is 1.50 bits per heavy atom. The van der Waals surface area contributed by atoms with Crippen molar-refractivity contribution in [1.82, 2.24) is 10.2 Å². The van der Waals surface area contributed by atoms with Crippen LogP contribution in [0.25, 0.3) is 0 Å². The molecular weight excluding hydrogens is 306 g/mol. The van der Waals surface area contributed by atoms with Gasteiger partial charge in [-0.3, -0.25) is 4.79 Å². The number of hydrogen-bond acceptors (Lipinski definition) is 4. The van der Waals surface area contributed by atoms with E-state index in [9.17, 15) is 14.4 Å². The van der Waals surface area contributed by atoms with Gasteiger partial charge in [0.15, 0.2) is 0 Å². The molecule has 2 atom stereocenters. The van der Waals surface area contributed by atoms with Crippen molar-refractivity contribution in [3.8, 4) is 0 Å². The van der Waals surface area contributed by atoms with E-state index in [2.05, 4.69) is 5.32 Å². The van der Waals surface area contributed by atoms with Crippen molar-refractivity contribution in [2.75, 3.05) is 0 Å². The lowest BCUT2D eigenvalue weighted by Crippen LogP contribution is -2.46. The molecule has 0 spiro atoms. The lowest BCUT2D eigenvalue weighted by molar-refractivity contribution is -0.150. The van der Waals surface area contributed by atoms with E-state index >= 15 is 0 Å². The molecule has 1 aliphatic rings. The van der Waals surface area contributed by atoms with Crippen molar-refractivity contribution in [2.24, 2.45) is 5.73 Å². The largest absolute Gasteiger partial charge is 0.480 e. The number of urea groups is 1. The molecule has 0 aromatic carbocycles. The lowest BCUT2D eigenvalue weighted by atomic mass is 10.1. The molecule has 1 fully saturated rings. The average molecular weight is 325 g/mol. The number of nitrogens with zero attached hydrogens (tertiary/aromatic N) is 1. The number of carboxylic acids is 1. The molecule has 0 saturated heterocycles. The fourth-order valence-electron chi connectivity index (χ4n) is 2.37. The zero-order chi connectivity index (χ0) is 16.3. The molecule has 1 heterocycles. The summed E-state index contributed by atoms with van der Waals surface area (Å²) in [6, 6.07) is 1.48. The molecular formula is C14H19N3O4S. The van der Waals surface area contributed by atoms with Crippen LogP contribution in [0.1, 0.15) is 37.1 Å². The minimum absolute atomic E-state index is 0.00241. The highest BCUT2D eigenvalue weighted by atomic mass is 32.1. The van der Waals surface area contributed by atoms with Crippen molar-refractivity contribution >= 4 is 29.2 Å². The average Bonchev–Trinajstić information content (AvgIpc) is 3.10. The molecule has 8 heteroatoms. The second kappa shape index (κ2) is 6.78. The molecule has 22 heavy (non-hydrogen) atoms. The summed E-state index contributed by atoms with van der Waals surface area (Å²) in [6.45, 7) is 1.50. The first kappa shape index (κ1) is 16.3. The smallest absolute Gasteiger partial charge is 0.326 e. The van der Waals surface area contributed by atoms with Gasteiger partial charge < -0.3 is 21.1 Å². The first-order valence-electron chi connectivity index (χ1n) is 7.03. The lowest BCUT2D eigenvalue weighted by Gasteiger charge is -2.28. The predicted molar refractivity (Wildman–Crippen MR) is 81.4 cm³/mol. The van der Waals surface area contributed by atoms with Gasteiger partial charge >= 0.3 is 12.0 Å². The number of carbonyl (C=O) groups is 3. The number of nitrogens with two attached hydrogens (primary N) is 1. The predicted octanol–water partition coefficient (Wildman–Crippen LogP) is 1.31. The molecule has 7 nitrogen and oxygen atoms in total. The Balaban J connectivity index is 2.11. The Morgan fingerprint density at radius 3 is 2.64 bits per heavy atom. The van der Waals surface area contributed by atoms with Crippen LogP contribution in [-0.4, -0.2) is 40.0 Å². The van der Waals surface area contributed by atoms with Crippen LogP contribution in [0.15, 0.2) is 17.5 Å². The molecule has 3 amide bonds. The number of hydrogen-bond donors (Lipinski definition) is 3. The number of carboxylic acid groups (broad SMARTS) is 1. The number of amides is 3. The quantitative estimate of drug-likeness (QED) is 0.701. The highest BCUT2D eigenvalue weighted by Gasteiger charge is 2.39. The van der Waals surface area contributed by atoms with Crippen molar-refractivity contribution in [1.29, 1.82) is 0 Å². The van der Waals surface area contributed by atoms with Crippen molar-refractivity contribution in [3.63, 3.8) is 0 Å². The van der Waals surface area contributed by atoms with Gasteiger partial charge in [-0.1, -0.05) is 6.07 Å². The standard InChI is InChI=1S/C14H19N3O4S/c1-8(13(19)20)17(9-4-5-9)12(18)7-10(16-14(15)21)11-3-2-6-22-11/h2-3,6,8-10H,4-5,7H2,1H3,(H,19,20)(H3,15,16,21). The highest BCUT2D eigenvalue weighted by Crippen LogP contribution is 2.31. The summed E-state index contributed by atoms with van der Waals surface area (Å²) in [5.41, 5.74) is 5.17. The Kier molecular flexibility index (Phi) is 5.02. The van der Waals surface area contributed by atoms with Gasteiger partial charge in [0.25, 0.3) is 0 Å². The molecule has 120 valence electrons. The summed E-state index contributed by atoms with van der Waals surface area (Å²) < 4.78 is 0. The van der Waals surface area contributed by atoms with Crippen molar-refractivity contribution < 1.29 is 19.5 Å². The van der Waals surface area contributed by atoms with E-state index < -0.39 is 24.1 Å². The van der Waals surface area contributed by atoms with Gasteiger partial charge in [0.2, 0.25) is 5.91 Å². The van der Waals surface area contributed by atoms with Crippen molar-refractivity contribution in [3.05, 3.63) is 22.4 Å². The third-order valence-electron chi connectivity index (χ3n) is 3.58. The maximum atomic E-state index is 12.5. The van der Waals surface area contributed by atoms with Gasteiger partial charge in [-0.25, -0.2) is 9.59 Å². The van der Waals surface area contributed by atoms with E-state index in [1.54, 1.807) is 6.07 Å². The summed E-state index contributed by atoms with van der Waals surface area (Å²) >= 11 is 1.41. The van der Waals surface area contributed by atoms with E-state index in [1.807, 2.05) is 11.4 Å². The van der Waals surface area contributed by atoms with Gasteiger partial charge in [-0.05, 0) is 31.2 Å². The second-order valence-corrected chi connectivity index (χ2v) is 6.31. The third kappa shape index (κ3) is 3.97. The zero-order valence-corrected chi connectivity index (χ0v) is 13.0. The zero-order valence-electron chi connectivity index (χ0n) is 12.2. The van der Waals surface area contributed by atoms with Crippen LogP contribution in [0, 0.1) is 0 Å². The maximum absolute atomic E-state index is 12.5. The maximum Gasteiger partial charge on any atom is 0.326 e. The van der Waals surface area contributed by atoms with E-state index in [-0.39, 0.29) is 18.4 Å². The Labute approximate surface area is 132 Å². The van der Waals surface area contributed by atoms with Crippen LogP contribution < -0.4 is 11.1 Å². The number of thiophene rings is 1. The number of rotatable bonds is 7. The summed E-state index contributed by atoms with van der Waals surface area (Å²) in [5, 5.41) is 13.6. The van der Waals surface area contributed by atoms with Gasteiger partial charge in [-0.2, -0.15) is 0 Å². The molecule has 1 aromatic rings. The van der Waals surface area contributed by atoms with E-state index in [0.29, 0.717) is 0 Å². The summed E-state index contributed by atoms with van der Waals surface area (Å²) in [4.78, 5) is 37.1. The molecule has 4 N–H and O–H groups in total. The monoisotopic (exact) mass is 325 g/mol. The second-order valence-electron chi connectivity index (χ2n) is 5.33. The summed E-state index contributed by atoms with van der Waals surface area (Å²) in [7, 11) is 0. The summed E-state index contributed by atoms with van der Waals surface area (Å²) in [5.74, 6) is -1.32. The van der Waals surface area contributed by atoms with Gasteiger partial charge in [0.1, 0.15) is 6.04 Å². The highest BCUT2D eigenvalue weighted by molar-refractivity contribution is 7.10. The van der Waals surface area contributed by atoms with E-state index in [0.717, 1.165) is 17.7 Å². The van der Waals surface area contributed by atoms with Crippen LogP contribution in [0.5, 0.6) is 0 Å². The number of primary amides is 1. The molecule has 0 bridgehead atoms. The fourth-order valence-corrected chi connectivity index (χ4v) is 3.15. The first-order valence-corrected chi connectivity index (χ1v) is 7.91. The number of nitrogens with one attached hydrogen (secondary N) is 1. The Morgan fingerprint density at radius 2 is 2.18 bits per heavy atom. The topological polar surface area (TPSA) is 113 Å². The minimum atomic E-state index is -1.03. The molecule has 2 rings (SSSR count). The van der Waals surface area contributed by atoms with Crippen LogP contribution in [0.2, 0.25) is 0 Å². The molecule has 1 saturated carbocycles. The molecule has 1 aliphatic carbocycles. The summed E-state index contributed by atoms with van der Waals surface area (Å²) in [6.07, 6.45) is 1.63. The Hall–Kier alpha value is -2.09. The molecule has 2 unspecified atom stereocenters. The first-order chi connectivity index (χ1) is 10.4. The van der Waals surface area contributed by atoms with Crippen LogP contribution in [-0.2, 0) is 9.59 Å². The third-order valence-corrected chi connectivity index (χ3v) is 4.57. The number of aliphatic carboxylic acids is 1. The number of carbonyl (C=O) groups excluding carboxylic acids is 2. The van der Waals surface area contributed by atoms with Gasteiger partial charge in [0, 0.05) is 10.9 Å². The molecule has 0 aliphatic heterocycles. The molecule has 0 radical (unpaired) electrons. The Bertz CT molecular complexity index is 556. The van der Waals surface area contributed by atoms with E-state index in [4.69, 9.17) is 10.8 Å². The minimum Gasteiger partial charge on any atom is -0.480 e. The normalized spacial score (nSPS) is 16.6. The van der Waals surface area contributed by atoms with E-state index in [1.165, 1.54) is 23.2 Å².